The summed E-state index contributed by atoms with van der Waals surface area (Å²) in [5, 5.41) is 14.6. The maximum atomic E-state index is 12.9. The number of carbonyl (C=O) groups is 2. The standard InChI is InChI=1S/C23H26ClN5O4/c1-26-10-12-28(13-11-26)23(31)17-4-6-18(24)19(14-17)25-22(30)16-5-7-20(21(15-16)29(32)33)27-8-2-3-9-27/h4-7,14-15H,2-3,8-13H2,1H3,(H,25,30). The number of nitrogens with one attached hydrogen (secondary N) is 1. The lowest BCUT2D eigenvalue weighted by Gasteiger charge is -2.32. The van der Waals surface area contributed by atoms with Crippen LogP contribution in [0.4, 0.5) is 17.1 Å². The predicted octanol–water partition coefficient (Wildman–Crippen LogP) is 3.49. The van der Waals surface area contributed by atoms with Crippen LogP contribution in [0, 0.1) is 10.1 Å². The fraction of sp³-hybridized carbons (Fsp3) is 0.391. The van der Waals surface area contributed by atoms with E-state index in [2.05, 4.69) is 10.2 Å². The van der Waals surface area contributed by atoms with Crippen molar-refractivity contribution in [2.24, 2.45) is 0 Å². The molecule has 2 heterocycles. The van der Waals surface area contributed by atoms with E-state index in [1.807, 2.05) is 11.9 Å². The van der Waals surface area contributed by atoms with E-state index in [1.165, 1.54) is 6.07 Å². The van der Waals surface area contributed by atoms with Crippen LogP contribution in [-0.2, 0) is 0 Å². The molecular formula is C23H26ClN5O4. The molecule has 9 nitrogen and oxygen atoms in total. The molecule has 0 aliphatic carbocycles. The third-order valence-electron chi connectivity index (χ3n) is 6.13. The zero-order valence-electron chi connectivity index (χ0n) is 18.4. The first-order valence-electron chi connectivity index (χ1n) is 11.0. The molecule has 2 aromatic carbocycles. The van der Waals surface area contributed by atoms with Gasteiger partial charge in [-0.3, -0.25) is 19.7 Å². The van der Waals surface area contributed by atoms with E-state index in [4.69, 9.17) is 11.6 Å². The Morgan fingerprint density at radius 3 is 2.30 bits per heavy atom. The van der Waals surface area contributed by atoms with Gasteiger partial charge in [0, 0.05) is 56.5 Å². The Hall–Kier alpha value is -3.17. The second-order valence-electron chi connectivity index (χ2n) is 8.40. The number of likely N-dealkylation sites (N-methyl/N-ethyl adjacent to an activating group) is 1. The minimum absolute atomic E-state index is 0.102. The molecule has 0 saturated carbocycles. The highest BCUT2D eigenvalue weighted by molar-refractivity contribution is 6.34. The summed E-state index contributed by atoms with van der Waals surface area (Å²) in [5.41, 5.74) is 1.28. The maximum absolute atomic E-state index is 12.9. The summed E-state index contributed by atoms with van der Waals surface area (Å²) < 4.78 is 0. The summed E-state index contributed by atoms with van der Waals surface area (Å²) in [6.45, 7) is 4.38. The molecule has 2 aliphatic heterocycles. The van der Waals surface area contributed by atoms with Crippen LogP contribution in [-0.4, -0.2) is 72.9 Å². The van der Waals surface area contributed by atoms with Crippen LogP contribution < -0.4 is 10.2 Å². The Morgan fingerprint density at radius 2 is 1.64 bits per heavy atom. The van der Waals surface area contributed by atoms with Gasteiger partial charge in [-0.15, -0.1) is 0 Å². The maximum Gasteiger partial charge on any atom is 0.293 e. The van der Waals surface area contributed by atoms with Crippen molar-refractivity contribution in [3.63, 3.8) is 0 Å². The number of benzene rings is 2. The first-order valence-corrected chi connectivity index (χ1v) is 11.3. The van der Waals surface area contributed by atoms with Gasteiger partial charge in [-0.1, -0.05) is 11.6 Å². The van der Waals surface area contributed by atoms with Gasteiger partial charge >= 0.3 is 0 Å². The zero-order valence-corrected chi connectivity index (χ0v) is 19.2. The Labute approximate surface area is 197 Å². The van der Waals surface area contributed by atoms with Crippen molar-refractivity contribution >= 4 is 40.5 Å². The van der Waals surface area contributed by atoms with Crippen LogP contribution in [0.15, 0.2) is 36.4 Å². The highest BCUT2D eigenvalue weighted by Gasteiger charge is 2.25. The summed E-state index contributed by atoms with van der Waals surface area (Å²) in [6.07, 6.45) is 1.97. The summed E-state index contributed by atoms with van der Waals surface area (Å²) in [4.78, 5) is 42.8. The average molecular weight is 472 g/mol. The van der Waals surface area contributed by atoms with Crippen molar-refractivity contribution in [1.82, 2.24) is 9.80 Å². The number of nitrogens with zero attached hydrogens (tertiary/aromatic N) is 4. The number of rotatable bonds is 5. The van der Waals surface area contributed by atoms with E-state index in [-0.39, 0.29) is 27.9 Å². The van der Waals surface area contributed by atoms with Gasteiger partial charge in [0.05, 0.1) is 15.6 Å². The Balaban J connectivity index is 1.53. The van der Waals surface area contributed by atoms with Crippen molar-refractivity contribution in [2.75, 3.05) is 56.5 Å². The van der Waals surface area contributed by atoms with Gasteiger partial charge in [0.2, 0.25) is 0 Å². The number of nitro groups is 1. The molecule has 2 aromatic rings. The summed E-state index contributed by atoms with van der Waals surface area (Å²) in [5.74, 6) is -0.655. The lowest BCUT2D eigenvalue weighted by Crippen LogP contribution is -2.47. The molecule has 10 heteroatoms. The van der Waals surface area contributed by atoms with E-state index < -0.39 is 10.8 Å². The number of amides is 2. The van der Waals surface area contributed by atoms with Gasteiger partial charge in [-0.2, -0.15) is 0 Å². The van der Waals surface area contributed by atoms with Crippen molar-refractivity contribution in [3.8, 4) is 0 Å². The lowest BCUT2D eigenvalue weighted by molar-refractivity contribution is -0.384. The number of anilines is 2. The largest absolute Gasteiger partial charge is 0.366 e. The molecule has 33 heavy (non-hydrogen) atoms. The monoisotopic (exact) mass is 471 g/mol. The molecule has 0 spiro atoms. The van der Waals surface area contributed by atoms with Crippen LogP contribution in [0.1, 0.15) is 33.6 Å². The van der Waals surface area contributed by atoms with Gasteiger partial charge in [0.15, 0.2) is 0 Å². The number of halogens is 1. The molecule has 0 aromatic heterocycles. The van der Waals surface area contributed by atoms with Crippen molar-refractivity contribution in [1.29, 1.82) is 0 Å². The topological polar surface area (TPSA) is 99.0 Å². The molecule has 2 saturated heterocycles. The number of nitro benzene ring substituents is 1. The fourth-order valence-corrected chi connectivity index (χ4v) is 4.34. The van der Waals surface area contributed by atoms with Crippen LogP contribution in [0.3, 0.4) is 0 Å². The average Bonchev–Trinajstić information content (AvgIpc) is 3.35. The van der Waals surface area contributed by atoms with E-state index in [0.717, 1.165) is 39.0 Å². The normalized spacial score (nSPS) is 16.7. The van der Waals surface area contributed by atoms with Crippen LogP contribution in [0.25, 0.3) is 0 Å². The summed E-state index contributed by atoms with van der Waals surface area (Å²) in [6, 6.07) is 9.23. The Bertz CT molecular complexity index is 1080. The highest BCUT2D eigenvalue weighted by atomic mass is 35.5. The second-order valence-corrected chi connectivity index (χ2v) is 8.81. The lowest BCUT2D eigenvalue weighted by atomic mass is 10.1. The molecule has 1 N–H and O–H groups in total. The zero-order chi connectivity index (χ0) is 23.5. The molecule has 2 fully saturated rings. The molecule has 0 atom stereocenters. The molecule has 2 amide bonds. The number of hydrogen-bond donors (Lipinski definition) is 1. The van der Waals surface area contributed by atoms with E-state index in [9.17, 15) is 19.7 Å². The summed E-state index contributed by atoms with van der Waals surface area (Å²) in [7, 11) is 2.01. The highest BCUT2D eigenvalue weighted by Crippen LogP contribution is 2.32. The van der Waals surface area contributed by atoms with Gasteiger partial charge in [-0.25, -0.2) is 0 Å². The van der Waals surface area contributed by atoms with E-state index in [1.54, 1.807) is 35.2 Å². The van der Waals surface area contributed by atoms with E-state index in [0.29, 0.717) is 24.3 Å². The minimum Gasteiger partial charge on any atom is -0.366 e. The van der Waals surface area contributed by atoms with Gasteiger partial charge in [0.25, 0.3) is 17.5 Å². The van der Waals surface area contributed by atoms with Gasteiger partial charge in [-0.05, 0) is 50.2 Å². The summed E-state index contributed by atoms with van der Waals surface area (Å²) >= 11 is 6.27. The number of hydrogen-bond acceptors (Lipinski definition) is 6. The second kappa shape index (κ2) is 9.76. The predicted molar refractivity (Wildman–Crippen MR) is 127 cm³/mol. The first kappa shape index (κ1) is 23.0. The molecule has 0 bridgehead atoms. The number of piperazine rings is 1. The molecule has 0 radical (unpaired) electrons. The van der Waals surface area contributed by atoms with Gasteiger partial charge < -0.3 is 20.0 Å². The molecule has 0 unspecified atom stereocenters. The van der Waals surface area contributed by atoms with Gasteiger partial charge in [0.1, 0.15) is 5.69 Å². The van der Waals surface area contributed by atoms with Crippen LogP contribution in [0.2, 0.25) is 5.02 Å². The fourth-order valence-electron chi connectivity index (χ4n) is 4.18. The first-order chi connectivity index (χ1) is 15.8. The third-order valence-corrected chi connectivity index (χ3v) is 6.46. The van der Waals surface area contributed by atoms with Crippen LogP contribution >= 0.6 is 11.6 Å². The van der Waals surface area contributed by atoms with Crippen molar-refractivity contribution in [2.45, 2.75) is 12.8 Å². The Morgan fingerprint density at radius 1 is 0.970 bits per heavy atom. The molecule has 174 valence electrons. The number of carbonyl (C=O) groups excluding carboxylic acids is 2. The SMILES string of the molecule is CN1CCN(C(=O)c2ccc(Cl)c(NC(=O)c3ccc(N4CCCC4)c([N+](=O)[O-])c3)c2)CC1. The smallest absolute Gasteiger partial charge is 0.293 e. The Kier molecular flexibility index (Phi) is 6.80. The van der Waals surface area contributed by atoms with Crippen molar-refractivity contribution in [3.05, 3.63) is 62.7 Å². The third kappa shape index (κ3) is 5.09. The molecule has 2 aliphatic rings. The van der Waals surface area contributed by atoms with Crippen molar-refractivity contribution < 1.29 is 14.5 Å². The molecule has 4 rings (SSSR count). The minimum atomic E-state index is -0.530. The molecular weight excluding hydrogens is 446 g/mol. The van der Waals surface area contributed by atoms with E-state index >= 15 is 0 Å². The quantitative estimate of drug-likeness (QED) is 0.529. The van der Waals surface area contributed by atoms with Crippen LogP contribution in [0.5, 0.6) is 0 Å².